The first-order chi connectivity index (χ1) is 14.1. The van der Waals surface area contributed by atoms with Crippen molar-refractivity contribution in [3.8, 4) is 0 Å². The van der Waals surface area contributed by atoms with E-state index < -0.39 is 5.00 Å². The third-order valence-corrected chi connectivity index (χ3v) is 11.4. The van der Waals surface area contributed by atoms with E-state index in [1.54, 1.807) is 0 Å². The molecule has 0 N–H and O–H groups in total. The molecule has 0 bridgehead atoms. The van der Waals surface area contributed by atoms with E-state index in [1.807, 2.05) is 0 Å². The van der Waals surface area contributed by atoms with Crippen LogP contribution in [0.15, 0.2) is 5.18 Å². The first-order valence-corrected chi connectivity index (χ1v) is 13.5. The normalized spacial score (nSPS) is 49.2. The number of rotatable bonds is 6. The highest BCUT2D eigenvalue weighted by Crippen LogP contribution is 2.69. The molecule has 0 unspecified atom stereocenters. The lowest BCUT2D eigenvalue weighted by atomic mass is 9.44. The van der Waals surface area contributed by atoms with E-state index in [0.717, 1.165) is 54.8 Å². The van der Waals surface area contributed by atoms with Gasteiger partial charge in [-0.2, -0.15) is 0 Å². The lowest BCUT2D eigenvalue weighted by Gasteiger charge is -2.61. The number of nitroso groups, excluding NO2 is 1. The van der Waals surface area contributed by atoms with Crippen LogP contribution in [-0.2, 0) is 0 Å². The predicted molar refractivity (Wildman–Crippen MR) is 127 cm³/mol. The van der Waals surface area contributed by atoms with Crippen LogP contribution in [0.25, 0.3) is 0 Å². The van der Waals surface area contributed by atoms with Crippen LogP contribution in [0, 0.1) is 57.2 Å². The van der Waals surface area contributed by atoms with E-state index >= 15 is 0 Å². The second-order valence-corrected chi connectivity index (χ2v) is 13.6. The molecule has 0 heterocycles. The molecule has 0 aromatic heterocycles. The fraction of sp³-hybridized carbons (Fsp3) is 1.00. The molecule has 0 saturated heterocycles. The lowest BCUT2D eigenvalue weighted by Crippen LogP contribution is -2.55. The first-order valence-electron chi connectivity index (χ1n) is 13.2. The van der Waals surface area contributed by atoms with Gasteiger partial charge in [-0.3, -0.25) is 0 Å². The number of hydrogen-bond acceptors (Lipinski definition) is 2. The maximum atomic E-state index is 11.4. The minimum atomic E-state index is -0.815. The zero-order chi connectivity index (χ0) is 21.7. The molecule has 0 amide bonds. The molecule has 4 aliphatic rings. The topological polar surface area (TPSA) is 29.4 Å². The van der Waals surface area contributed by atoms with Crippen LogP contribution in [0.2, 0.25) is 0 Å². The molecule has 0 aliphatic heterocycles. The maximum absolute atomic E-state index is 11.4. The molecular formula is C27H46ClNO. The van der Waals surface area contributed by atoms with E-state index in [2.05, 4.69) is 39.8 Å². The standard InChI is InChI=1S/C27H46ClNO/c1-18(2)7-6-8-19(3)22-11-12-23-21-10-9-20-17-27(28,29-30)16-15-25(20,4)24(21)13-14-26(22,23)5/h18-24H,6-17H2,1-5H3/t19-,20+,21+,22+,23-,24+,25+,26+,27+/m1/s1. The number of hydrogen-bond donors (Lipinski definition) is 0. The van der Waals surface area contributed by atoms with Crippen LogP contribution in [0.3, 0.4) is 0 Å². The smallest absolute Gasteiger partial charge is 0.149 e. The van der Waals surface area contributed by atoms with Crippen molar-refractivity contribution < 1.29 is 0 Å². The van der Waals surface area contributed by atoms with Crippen molar-refractivity contribution in [2.24, 2.45) is 57.4 Å². The second-order valence-electron chi connectivity index (χ2n) is 12.9. The molecule has 4 aliphatic carbocycles. The molecule has 30 heavy (non-hydrogen) atoms. The van der Waals surface area contributed by atoms with Gasteiger partial charge in [0.2, 0.25) is 0 Å². The summed E-state index contributed by atoms with van der Waals surface area (Å²) in [5.74, 6) is 5.93. The van der Waals surface area contributed by atoms with Crippen LogP contribution >= 0.6 is 11.6 Å². The summed E-state index contributed by atoms with van der Waals surface area (Å²) in [6.07, 6.45) is 15.3. The Morgan fingerprint density at radius 3 is 2.33 bits per heavy atom. The van der Waals surface area contributed by atoms with Crippen LogP contribution in [-0.4, -0.2) is 5.00 Å². The van der Waals surface area contributed by atoms with E-state index in [9.17, 15) is 4.91 Å². The average Bonchev–Trinajstić information content (AvgIpc) is 3.05. The van der Waals surface area contributed by atoms with Gasteiger partial charge in [-0.05, 0) is 115 Å². The lowest BCUT2D eigenvalue weighted by molar-refractivity contribution is -0.118. The fourth-order valence-electron chi connectivity index (χ4n) is 9.31. The van der Waals surface area contributed by atoms with Gasteiger partial charge in [0, 0.05) is 0 Å². The minimum Gasteiger partial charge on any atom is -0.149 e. The van der Waals surface area contributed by atoms with Gasteiger partial charge >= 0.3 is 0 Å². The Balaban J connectivity index is 1.47. The van der Waals surface area contributed by atoms with Crippen molar-refractivity contribution in [2.75, 3.05) is 0 Å². The highest BCUT2D eigenvalue weighted by Gasteiger charge is 2.61. The van der Waals surface area contributed by atoms with Crippen molar-refractivity contribution in [1.82, 2.24) is 0 Å². The highest BCUT2D eigenvalue weighted by molar-refractivity contribution is 6.23. The Morgan fingerprint density at radius 2 is 1.63 bits per heavy atom. The average molecular weight is 436 g/mol. The SMILES string of the molecule is CC(C)CCC[C@@H](C)[C@@H]1CC[C@@H]2[C@@H]3CC[C@H]4C[C@@](Cl)(N=O)CC[C@]4(C)[C@H]3CC[C@]21C. The summed E-state index contributed by atoms with van der Waals surface area (Å²) in [6.45, 7) is 12.5. The van der Waals surface area contributed by atoms with Gasteiger partial charge in [0.05, 0.1) is 0 Å². The quantitative estimate of drug-likeness (QED) is 0.232. The molecule has 172 valence electrons. The summed E-state index contributed by atoms with van der Waals surface area (Å²) < 4.78 is 0. The van der Waals surface area contributed by atoms with Crippen LogP contribution < -0.4 is 0 Å². The molecule has 3 heteroatoms. The summed E-state index contributed by atoms with van der Waals surface area (Å²) in [5, 5.41) is 3.35. The summed E-state index contributed by atoms with van der Waals surface area (Å²) in [7, 11) is 0. The number of fused-ring (bicyclic) bond motifs is 5. The fourth-order valence-corrected chi connectivity index (χ4v) is 9.59. The minimum absolute atomic E-state index is 0.383. The highest BCUT2D eigenvalue weighted by atomic mass is 35.5. The molecule has 0 aromatic rings. The van der Waals surface area contributed by atoms with E-state index in [0.29, 0.717) is 16.7 Å². The van der Waals surface area contributed by atoms with Gasteiger partial charge in [-0.15, -0.1) is 4.91 Å². The van der Waals surface area contributed by atoms with Gasteiger partial charge in [-0.1, -0.05) is 65.5 Å². The monoisotopic (exact) mass is 435 g/mol. The maximum Gasteiger partial charge on any atom is 0.175 e. The van der Waals surface area contributed by atoms with Gasteiger partial charge < -0.3 is 0 Å². The Hall–Kier alpha value is -0.110. The molecular weight excluding hydrogens is 390 g/mol. The molecule has 4 saturated carbocycles. The van der Waals surface area contributed by atoms with Crippen molar-refractivity contribution >= 4 is 11.6 Å². The number of halogens is 1. The molecule has 0 spiro atoms. The zero-order valence-electron chi connectivity index (χ0n) is 20.3. The summed E-state index contributed by atoms with van der Waals surface area (Å²) >= 11 is 6.56. The number of alkyl halides is 1. The molecule has 9 atom stereocenters. The molecule has 4 rings (SSSR count). The third kappa shape index (κ3) is 3.80. The zero-order valence-corrected chi connectivity index (χ0v) is 21.0. The molecule has 2 nitrogen and oxygen atoms in total. The number of nitrogens with zero attached hydrogens (tertiary/aromatic N) is 1. The Labute approximate surface area is 190 Å². The third-order valence-electron chi connectivity index (χ3n) is 11.0. The van der Waals surface area contributed by atoms with Crippen molar-refractivity contribution in [1.29, 1.82) is 0 Å². The molecule has 0 aromatic carbocycles. The van der Waals surface area contributed by atoms with Crippen LogP contribution in [0.5, 0.6) is 0 Å². The van der Waals surface area contributed by atoms with E-state index in [4.69, 9.17) is 11.6 Å². The van der Waals surface area contributed by atoms with Crippen molar-refractivity contribution in [2.45, 2.75) is 117 Å². The Kier molecular flexibility index (Phi) is 6.42. The van der Waals surface area contributed by atoms with Gasteiger partial charge in [0.1, 0.15) is 0 Å². The Bertz CT molecular complexity index is 636. The van der Waals surface area contributed by atoms with E-state index in [-0.39, 0.29) is 0 Å². The van der Waals surface area contributed by atoms with Crippen molar-refractivity contribution in [3.05, 3.63) is 4.91 Å². The summed E-state index contributed by atoms with van der Waals surface area (Å²) in [6, 6.07) is 0. The summed E-state index contributed by atoms with van der Waals surface area (Å²) in [4.78, 5) is 10.5. The van der Waals surface area contributed by atoms with Crippen LogP contribution in [0.1, 0.15) is 112 Å². The van der Waals surface area contributed by atoms with Crippen molar-refractivity contribution in [3.63, 3.8) is 0 Å². The van der Waals surface area contributed by atoms with Gasteiger partial charge in [0.25, 0.3) is 0 Å². The first kappa shape index (κ1) is 23.1. The largest absolute Gasteiger partial charge is 0.175 e. The van der Waals surface area contributed by atoms with Crippen LogP contribution in [0.4, 0.5) is 0 Å². The second kappa shape index (κ2) is 8.35. The predicted octanol–water partition coefficient (Wildman–Crippen LogP) is 8.81. The van der Waals surface area contributed by atoms with E-state index in [1.165, 1.54) is 57.8 Å². The van der Waals surface area contributed by atoms with Gasteiger partial charge in [-0.25, -0.2) is 0 Å². The molecule has 0 radical (unpaired) electrons. The summed E-state index contributed by atoms with van der Waals surface area (Å²) in [5.41, 5.74) is 0.950. The van der Waals surface area contributed by atoms with Gasteiger partial charge in [0.15, 0.2) is 5.00 Å². The molecule has 4 fully saturated rings. The Morgan fingerprint density at radius 1 is 0.900 bits per heavy atom.